The normalized spacial score (nSPS) is 29.4. The Hall–Kier alpha value is -0.650. The summed E-state index contributed by atoms with van der Waals surface area (Å²) in [5, 5.41) is 3.11. The Kier molecular flexibility index (Phi) is 5.60. The van der Waals surface area contributed by atoms with Gasteiger partial charge < -0.3 is 15.8 Å². The minimum absolute atomic E-state index is 0.143. The van der Waals surface area contributed by atoms with Crippen LogP contribution in [0.25, 0.3) is 0 Å². The second kappa shape index (κ2) is 7.22. The van der Waals surface area contributed by atoms with Crippen LogP contribution < -0.4 is 11.1 Å². The highest BCUT2D eigenvalue weighted by atomic mass is 16.5. The van der Waals surface area contributed by atoms with E-state index in [1.807, 2.05) is 7.05 Å². The third-order valence-corrected chi connectivity index (χ3v) is 4.34. The fourth-order valence-electron chi connectivity index (χ4n) is 3.01. The van der Waals surface area contributed by atoms with Crippen LogP contribution in [0.5, 0.6) is 0 Å². The molecule has 19 heavy (non-hydrogen) atoms. The van der Waals surface area contributed by atoms with Crippen molar-refractivity contribution >= 4 is 5.91 Å². The molecule has 1 aliphatic heterocycles. The molecule has 2 aliphatic rings. The SMILES string of the molecule is CN(CC(=O)NC1CCOCC1)C1CCC(N)CC1. The molecule has 0 atom stereocenters. The lowest BCUT2D eigenvalue weighted by atomic mass is 9.91. The lowest BCUT2D eigenvalue weighted by Gasteiger charge is -2.33. The van der Waals surface area contributed by atoms with Crippen molar-refractivity contribution in [1.82, 2.24) is 10.2 Å². The molecule has 1 saturated heterocycles. The molecule has 1 saturated carbocycles. The lowest BCUT2D eigenvalue weighted by Crippen LogP contribution is -2.47. The van der Waals surface area contributed by atoms with E-state index in [1.54, 1.807) is 0 Å². The monoisotopic (exact) mass is 269 g/mol. The number of amides is 1. The molecule has 1 aliphatic carbocycles. The Morgan fingerprint density at radius 3 is 2.47 bits per heavy atom. The average Bonchev–Trinajstić information content (AvgIpc) is 2.40. The zero-order chi connectivity index (χ0) is 13.7. The second-order valence-corrected chi connectivity index (χ2v) is 5.94. The van der Waals surface area contributed by atoms with Crippen molar-refractivity contribution in [1.29, 1.82) is 0 Å². The van der Waals surface area contributed by atoms with E-state index in [1.165, 1.54) is 0 Å². The van der Waals surface area contributed by atoms with E-state index in [9.17, 15) is 4.79 Å². The molecule has 2 fully saturated rings. The quantitative estimate of drug-likeness (QED) is 0.779. The van der Waals surface area contributed by atoms with Crippen LogP contribution in [0.3, 0.4) is 0 Å². The van der Waals surface area contributed by atoms with Crippen molar-refractivity contribution < 1.29 is 9.53 Å². The van der Waals surface area contributed by atoms with Crippen LogP contribution in [0, 0.1) is 0 Å². The third-order valence-electron chi connectivity index (χ3n) is 4.34. The highest BCUT2D eigenvalue weighted by Gasteiger charge is 2.24. The van der Waals surface area contributed by atoms with Crippen LogP contribution in [0.15, 0.2) is 0 Å². The van der Waals surface area contributed by atoms with Crippen molar-refractivity contribution in [2.24, 2.45) is 5.73 Å². The Morgan fingerprint density at radius 2 is 1.84 bits per heavy atom. The molecule has 5 heteroatoms. The van der Waals surface area contributed by atoms with E-state index in [-0.39, 0.29) is 5.91 Å². The minimum Gasteiger partial charge on any atom is -0.381 e. The molecule has 110 valence electrons. The summed E-state index contributed by atoms with van der Waals surface area (Å²) in [6, 6.07) is 1.18. The first kappa shape index (κ1) is 14.8. The van der Waals surface area contributed by atoms with Crippen LogP contribution in [-0.2, 0) is 9.53 Å². The lowest BCUT2D eigenvalue weighted by molar-refractivity contribution is -0.123. The predicted octanol–water partition coefficient (Wildman–Crippen LogP) is 0.483. The molecule has 0 radical (unpaired) electrons. The average molecular weight is 269 g/mol. The van der Waals surface area contributed by atoms with Gasteiger partial charge in [0.05, 0.1) is 6.54 Å². The summed E-state index contributed by atoms with van der Waals surface area (Å²) in [7, 11) is 2.05. The van der Waals surface area contributed by atoms with Crippen LogP contribution in [0.2, 0.25) is 0 Å². The van der Waals surface area contributed by atoms with Gasteiger partial charge in [-0.15, -0.1) is 0 Å². The van der Waals surface area contributed by atoms with Gasteiger partial charge in [0.2, 0.25) is 5.91 Å². The van der Waals surface area contributed by atoms with Gasteiger partial charge in [-0.25, -0.2) is 0 Å². The number of carbonyl (C=O) groups excluding carboxylic acids is 1. The molecule has 1 amide bonds. The van der Waals surface area contributed by atoms with E-state index in [2.05, 4.69) is 10.2 Å². The molecule has 5 nitrogen and oxygen atoms in total. The summed E-state index contributed by atoms with van der Waals surface area (Å²) in [6.45, 7) is 2.03. The Labute approximate surface area is 115 Å². The van der Waals surface area contributed by atoms with Crippen molar-refractivity contribution in [2.75, 3.05) is 26.8 Å². The largest absolute Gasteiger partial charge is 0.381 e. The second-order valence-electron chi connectivity index (χ2n) is 5.94. The molecular formula is C14H27N3O2. The maximum atomic E-state index is 12.0. The van der Waals surface area contributed by atoms with E-state index in [0.717, 1.165) is 51.7 Å². The molecule has 0 aromatic heterocycles. The highest BCUT2D eigenvalue weighted by molar-refractivity contribution is 5.78. The number of carbonyl (C=O) groups is 1. The zero-order valence-electron chi connectivity index (χ0n) is 11.9. The number of rotatable bonds is 4. The standard InChI is InChI=1S/C14H27N3O2/c1-17(13-4-2-11(15)3-5-13)10-14(18)16-12-6-8-19-9-7-12/h11-13H,2-10,15H2,1H3,(H,16,18). The van der Waals surface area contributed by atoms with Crippen molar-refractivity contribution in [3.63, 3.8) is 0 Å². The first-order chi connectivity index (χ1) is 9.15. The van der Waals surface area contributed by atoms with Gasteiger partial charge in [0.1, 0.15) is 0 Å². The van der Waals surface area contributed by atoms with Crippen molar-refractivity contribution in [3.8, 4) is 0 Å². The number of likely N-dealkylation sites (N-methyl/N-ethyl adjacent to an activating group) is 1. The van der Waals surface area contributed by atoms with Crippen molar-refractivity contribution in [2.45, 2.75) is 56.7 Å². The number of ether oxygens (including phenoxy) is 1. The Balaban J connectivity index is 1.69. The third kappa shape index (κ3) is 4.75. The Bertz CT molecular complexity index is 284. The predicted molar refractivity (Wildman–Crippen MR) is 74.8 cm³/mol. The highest BCUT2D eigenvalue weighted by Crippen LogP contribution is 2.20. The number of hydrogen-bond acceptors (Lipinski definition) is 4. The number of nitrogens with zero attached hydrogens (tertiary/aromatic N) is 1. The van der Waals surface area contributed by atoms with Gasteiger partial charge in [0.15, 0.2) is 0 Å². The van der Waals surface area contributed by atoms with Crippen LogP contribution in [-0.4, -0.2) is 55.7 Å². The maximum absolute atomic E-state index is 12.0. The van der Waals surface area contributed by atoms with Crippen LogP contribution in [0.1, 0.15) is 38.5 Å². The van der Waals surface area contributed by atoms with Gasteiger partial charge in [0.25, 0.3) is 0 Å². The molecule has 0 aromatic rings. The number of nitrogens with one attached hydrogen (secondary N) is 1. The van der Waals surface area contributed by atoms with E-state index in [4.69, 9.17) is 10.5 Å². The first-order valence-electron chi connectivity index (χ1n) is 7.48. The Morgan fingerprint density at radius 1 is 1.21 bits per heavy atom. The van der Waals surface area contributed by atoms with Crippen LogP contribution in [0.4, 0.5) is 0 Å². The van der Waals surface area contributed by atoms with Gasteiger partial charge in [-0.1, -0.05) is 0 Å². The molecule has 0 spiro atoms. The molecule has 3 N–H and O–H groups in total. The summed E-state index contributed by atoms with van der Waals surface area (Å²) in [6.07, 6.45) is 6.26. The minimum atomic E-state index is 0.143. The first-order valence-corrected chi connectivity index (χ1v) is 7.48. The van der Waals surface area contributed by atoms with E-state index >= 15 is 0 Å². The molecule has 2 rings (SSSR count). The smallest absolute Gasteiger partial charge is 0.234 e. The van der Waals surface area contributed by atoms with Gasteiger partial charge in [-0.3, -0.25) is 9.69 Å². The summed E-state index contributed by atoms with van der Waals surface area (Å²) in [5.41, 5.74) is 5.91. The number of hydrogen-bond donors (Lipinski definition) is 2. The number of nitrogens with two attached hydrogens (primary N) is 1. The molecule has 0 unspecified atom stereocenters. The summed E-state index contributed by atoms with van der Waals surface area (Å²) in [4.78, 5) is 14.2. The topological polar surface area (TPSA) is 67.6 Å². The van der Waals surface area contributed by atoms with Gasteiger partial charge in [-0.05, 0) is 45.6 Å². The molecular weight excluding hydrogens is 242 g/mol. The van der Waals surface area contributed by atoms with Gasteiger partial charge in [-0.2, -0.15) is 0 Å². The summed E-state index contributed by atoms with van der Waals surface area (Å²) in [5.74, 6) is 0.143. The van der Waals surface area contributed by atoms with Gasteiger partial charge in [0, 0.05) is 31.3 Å². The summed E-state index contributed by atoms with van der Waals surface area (Å²) < 4.78 is 5.29. The van der Waals surface area contributed by atoms with E-state index in [0.29, 0.717) is 24.7 Å². The van der Waals surface area contributed by atoms with Crippen LogP contribution >= 0.6 is 0 Å². The molecule has 0 bridgehead atoms. The zero-order valence-corrected chi connectivity index (χ0v) is 11.9. The molecule has 0 aromatic carbocycles. The van der Waals surface area contributed by atoms with Crippen molar-refractivity contribution in [3.05, 3.63) is 0 Å². The maximum Gasteiger partial charge on any atom is 0.234 e. The molecule has 1 heterocycles. The van der Waals surface area contributed by atoms with E-state index < -0.39 is 0 Å². The fourth-order valence-corrected chi connectivity index (χ4v) is 3.01. The van der Waals surface area contributed by atoms with Gasteiger partial charge >= 0.3 is 0 Å². The summed E-state index contributed by atoms with van der Waals surface area (Å²) >= 11 is 0. The fraction of sp³-hybridized carbons (Fsp3) is 0.929.